The van der Waals surface area contributed by atoms with Gasteiger partial charge in [0.25, 0.3) is 0 Å². The molecular weight excluding hydrogens is 524 g/mol. The molecule has 1 aliphatic rings. The minimum absolute atomic E-state index is 0.0464. The molecule has 0 bridgehead atoms. The minimum atomic E-state index is -0.986. The van der Waals surface area contributed by atoms with Crippen molar-refractivity contribution in [3.8, 4) is 11.3 Å². The number of methoxy groups -OCH3 is 1. The summed E-state index contributed by atoms with van der Waals surface area (Å²) >= 11 is 0. The Bertz CT molecular complexity index is 1130. The number of carbonyl (C=O) groups excluding carboxylic acids is 3. The van der Waals surface area contributed by atoms with Crippen molar-refractivity contribution in [3.63, 3.8) is 0 Å². The Hall–Kier alpha value is -3.20. The molecule has 1 aromatic carbocycles. The van der Waals surface area contributed by atoms with E-state index in [1.54, 1.807) is 13.3 Å². The number of benzene rings is 1. The van der Waals surface area contributed by atoms with Gasteiger partial charge < -0.3 is 23.9 Å². The van der Waals surface area contributed by atoms with Gasteiger partial charge in [0.05, 0.1) is 30.6 Å². The van der Waals surface area contributed by atoms with Crippen LogP contribution in [0.5, 0.6) is 0 Å². The summed E-state index contributed by atoms with van der Waals surface area (Å²) in [6.07, 6.45) is 5.39. The first-order valence-electron chi connectivity index (χ1n) is 14.6. The van der Waals surface area contributed by atoms with Crippen LogP contribution in [0.25, 0.3) is 11.3 Å². The number of ether oxygens (including phenoxy) is 3. The van der Waals surface area contributed by atoms with Crippen molar-refractivity contribution in [1.29, 1.82) is 0 Å². The van der Waals surface area contributed by atoms with Crippen LogP contribution in [-0.2, 0) is 35.0 Å². The van der Waals surface area contributed by atoms with E-state index < -0.39 is 28.9 Å². The molecule has 0 saturated heterocycles. The van der Waals surface area contributed by atoms with Crippen LogP contribution in [0.4, 0.5) is 0 Å². The fraction of sp³-hybridized carbons (Fsp3) is 0.625. The summed E-state index contributed by atoms with van der Waals surface area (Å²) in [6.45, 7) is 9.99. The van der Waals surface area contributed by atoms with Crippen LogP contribution in [0.2, 0.25) is 0 Å². The maximum Gasteiger partial charge on any atom is 0.329 e. The number of hydrogen-bond donors (Lipinski definition) is 1. The lowest BCUT2D eigenvalue weighted by Gasteiger charge is -2.33. The van der Waals surface area contributed by atoms with Gasteiger partial charge in [-0.3, -0.25) is 9.59 Å². The summed E-state index contributed by atoms with van der Waals surface area (Å²) in [6, 6.07) is 8.56. The Morgan fingerprint density at radius 2 is 1.76 bits per heavy atom. The predicted molar refractivity (Wildman–Crippen MR) is 155 cm³/mol. The average molecular weight is 571 g/mol. The van der Waals surface area contributed by atoms with Crippen molar-refractivity contribution in [1.82, 2.24) is 10.3 Å². The van der Waals surface area contributed by atoms with Gasteiger partial charge in [-0.05, 0) is 52.4 Å². The maximum absolute atomic E-state index is 14.0. The summed E-state index contributed by atoms with van der Waals surface area (Å²) < 4.78 is 22.5. The van der Waals surface area contributed by atoms with E-state index in [1.165, 1.54) is 0 Å². The molecule has 9 heteroatoms. The first-order valence-corrected chi connectivity index (χ1v) is 14.6. The molecule has 0 spiro atoms. The maximum atomic E-state index is 14.0. The predicted octanol–water partition coefficient (Wildman–Crippen LogP) is 5.51. The lowest BCUT2D eigenvalue weighted by molar-refractivity contribution is -0.162. The molecule has 1 saturated carbocycles. The SMILES string of the molecule is COCC[C@H](CC1(C(=O)N[C@@H](Cc2ncc(-c3ccccc3)o2)C(=O)OCC(C)C)CCCC1)C(=O)OC(C)(C)C. The van der Waals surface area contributed by atoms with Crippen molar-refractivity contribution >= 4 is 17.8 Å². The highest BCUT2D eigenvalue weighted by Gasteiger charge is 2.46. The van der Waals surface area contributed by atoms with Crippen molar-refractivity contribution in [2.24, 2.45) is 17.3 Å². The highest BCUT2D eigenvalue weighted by atomic mass is 16.6. The van der Waals surface area contributed by atoms with E-state index >= 15 is 0 Å². The molecule has 3 rings (SSSR count). The van der Waals surface area contributed by atoms with Gasteiger partial charge in [-0.15, -0.1) is 0 Å². The Balaban J connectivity index is 1.82. The second kappa shape index (κ2) is 14.6. The zero-order valence-corrected chi connectivity index (χ0v) is 25.4. The molecule has 1 fully saturated rings. The molecule has 41 heavy (non-hydrogen) atoms. The molecular formula is C32H46N2O7. The fourth-order valence-corrected chi connectivity index (χ4v) is 5.16. The Kier molecular flexibility index (Phi) is 11.5. The van der Waals surface area contributed by atoms with Crippen molar-refractivity contribution in [2.75, 3.05) is 20.3 Å². The van der Waals surface area contributed by atoms with E-state index in [4.69, 9.17) is 18.6 Å². The van der Waals surface area contributed by atoms with E-state index in [9.17, 15) is 14.4 Å². The van der Waals surface area contributed by atoms with Crippen LogP contribution in [0.3, 0.4) is 0 Å². The zero-order chi connectivity index (χ0) is 30.0. The number of carbonyl (C=O) groups is 3. The number of esters is 2. The van der Waals surface area contributed by atoms with E-state index in [-0.39, 0.29) is 30.8 Å². The second-order valence-corrected chi connectivity index (χ2v) is 12.4. The second-order valence-electron chi connectivity index (χ2n) is 12.4. The molecule has 1 amide bonds. The summed E-state index contributed by atoms with van der Waals surface area (Å²) in [5.74, 6) is -0.614. The third-order valence-electron chi connectivity index (χ3n) is 7.23. The summed E-state index contributed by atoms with van der Waals surface area (Å²) in [7, 11) is 1.59. The third-order valence-corrected chi connectivity index (χ3v) is 7.23. The molecule has 2 aromatic rings. The van der Waals surface area contributed by atoms with Crippen molar-refractivity contribution in [2.45, 2.75) is 91.2 Å². The lowest BCUT2D eigenvalue weighted by atomic mass is 9.75. The monoisotopic (exact) mass is 570 g/mol. The minimum Gasteiger partial charge on any atom is -0.464 e. The van der Waals surface area contributed by atoms with Crippen LogP contribution in [0.1, 0.15) is 79.0 Å². The normalized spacial score (nSPS) is 16.3. The Morgan fingerprint density at radius 3 is 2.37 bits per heavy atom. The zero-order valence-electron chi connectivity index (χ0n) is 25.4. The van der Waals surface area contributed by atoms with Gasteiger partial charge in [-0.25, -0.2) is 9.78 Å². The lowest BCUT2D eigenvalue weighted by Crippen LogP contribution is -2.50. The van der Waals surface area contributed by atoms with E-state index in [2.05, 4.69) is 10.3 Å². The molecule has 1 aliphatic carbocycles. The van der Waals surface area contributed by atoms with Crippen LogP contribution in [0, 0.1) is 17.3 Å². The number of oxazole rings is 1. The topological polar surface area (TPSA) is 117 Å². The van der Waals surface area contributed by atoms with Gasteiger partial charge in [-0.1, -0.05) is 57.0 Å². The van der Waals surface area contributed by atoms with Crippen LogP contribution in [-0.4, -0.2) is 54.8 Å². The largest absolute Gasteiger partial charge is 0.464 e. The molecule has 0 radical (unpaired) electrons. The number of amides is 1. The first-order chi connectivity index (χ1) is 19.4. The fourth-order valence-electron chi connectivity index (χ4n) is 5.16. The molecule has 226 valence electrons. The van der Waals surface area contributed by atoms with Crippen molar-refractivity contribution in [3.05, 3.63) is 42.4 Å². The Labute approximate surface area is 243 Å². The summed E-state index contributed by atoms with van der Waals surface area (Å²) in [5.41, 5.74) is -0.589. The quantitative estimate of drug-likeness (QED) is 0.296. The smallest absolute Gasteiger partial charge is 0.329 e. The number of rotatable bonds is 14. The number of nitrogens with one attached hydrogen (secondary N) is 1. The number of hydrogen-bond acceptors (Lipinski definition) is 8. The van der Waals surface area contributed by atoms with Crippen LogP contribution in [0.15, 0.2) is 40.9 Å². The Morgan fingerprint density at radius 1 is 1.07 bits per heavy atom. The molecule has 1 heterocycles. The highest BCUT2D eigenvalue weighted by molar-refractivity contribution is 5.89. The van der Waals surface area contributed by atoms with Crippen molar-refractivity contribution < 1.29 is 33.0 Å². The van der Waals surface area contributed by atoms with E-state index in [0.29, 0.717) is 43.9 Å². The molecule has 1 N–H and O–H groups in total. The molecule has 0 aliphatic heterocycles. The van der Waals surface area contributed by atoms with Crippen LogP contribution >= 0.6 is 0 Å². The van der Waals surface area contributed by atoms with Gasteiger partial charge in [0, 0.05) is 19.3 Å². The summed E-state index contributed by atoms with van der Waals surface area (Å²) in [4.78, 5) is 44.7. The number of nitrogens with zero attached hydrogens (tertiary/aromatic N) is 1. The molecule has 1 aromatic heterocycles. The molecule has 9 nitrogen and oxygen atoms in total. The van der Waals surface area contributed by atoms with E-state index in [0.717, 1.165) is 18.4 Å². The van der Waals surface area contributed by atoms with Gasteiger partial charge in [0.2, 0.25) is 5.91 Å². The van der Waals surface area contributed by atoms with Gasteiger partial charge in [0.1, 0.15) is 11.6 Å². The van der Waals surface area contributed by atoms with Gasteiger partial charge in [0.15, 0.2) is 11.7 Å². The summed E-state index contributed by atoms with van der Waals surface area (Å²) in [5, 5.41) is 2.97. The van der Waals surface area contributed by atoms with E-state index in [1.807, 2.05) is 65.0 Å². The average Bonchev–Trinajstić information content (AvgIpc) is 3.59. The number of aromatic nitrogens is 1. The van der Waals surface area contributed by atoms with Crippen LogP contribution < -0.4 is 5.32 Å². The third kappa shape index (κ3) is 9.69. The first kappa shape index (κ1) is 32.3. The highest BCUT2D eigenvalue weighted by Crippen LogP contribution is 2.44. The molecule has 2 atom stereocenters. The van der Waals surface area contributed by atoms with Gasteiger partial charge in [-0.2, -0.15) is 0 Å². The molecule has 0 unspecified atom stereocenters. The standard InChI is InChI=1S/C32H46N2O7/c1-22(2)21-39-29(36)25(18-27-33-20-26(40-27)23-12-8-7-9-13-23)34-30(37)32(15-10-11-16-32)19-24(14-17-38-6)28(35)41-31(3,4)5/h7-9,12-13,20,22,24-25H,10-11,14-19,21H2,1-6H3,(H,34,37)/t24-,25+/m1/s1. The van der Waals surface area contributed by atoms with Gasteiger partial charge >= 0.3 is 11.9 Å².